The molecule has 152 valence electrons. The van der Waals surface area contributed by atoms with Crippen molar-refractivity contribution < 1.29 is 0 Å². The molecule has 0 nitrogen and oxygen atoms in total. The highest BCUT2D eigenvalue weighted by Crippen LogP contribution is 2.64. The Morgan fingerprint density at radius 3 is 2.56 bits per heavy atom. The van der Waals surface area contributed by atoms with Gasteiger partial charge in [0, 0.05) is 0 Å². The second-order valence-corrected chi connectivity index (χ2v) is 11.5. The van der Waals surface area contributed by atoms with Crippen LogP contribution >= 0.6 is 0 Å². The van der Waals surface area contributed by atoms with Crippen molar-refractivity contribution in [1.29, 1.82) is 0 Å². The summed E-state index contributed by atoms with van der Waals surface area (Å²) in [6, 6.07) is 0. The molecule has 4 rings (SSSR count). The summed E-state index contributed by atoms with van der Waals surface area (Å²) < 4.78 is 0. The Balaban J connectivity index is 1.54. The summed E-state index contributed by atoms with van der Waals surface area (Å²) in [6.07, 6.45) is 20.0. The van der Waals surface area contributed by atoms with Crippen molar-refractivity contribution in [3.8, 4) is 0 Å². The molecule has 0 spiro atoms. The Morgan fingerprint density at radius 1 is 0.963 bits per heavy atom. The van der Waals surface area contributed by atoms with E-state index < -0.39 is 0 Å². The molecule has 0 aromatic heterocycles. The fourth-order valence-electron chi connectivity index (χ4n) is 7.83. The highest BCUT2D eigenvalue weighted by atomic mass is 14.6. The number of hydrogen-bond donors (Lipinski definition) is 0. The van der Waals surface area contributed by atoms with Crippen LogP contribution in [0.3, 0.4) is 0 Å². The SMILES string of the molecule is CC(C)CCC[C@@H](C)[C@H]1CC=C2C3=C(CC[C@@]21C)[C@@]1(C)CCCC[C@H]1CC3. The molecule has 0 radical (unpaired) electrons. The summed E-state index contributed by atoms with van der Waals surface area (Å²) >= 11 is 0. The highest BCUT2D eigenvalue weighted by Gasteiger charge is 2.52. The normalized spacial score (nSPS) is 39.7. The summed E-state index contributed by atoms with van der Waals surface area (Å²) in [7, 11) is 0. The van der Waals surface area contributed by atoms with E-state index in [0.29, 0.717) is 10.8 Å². The van der Waals surface area contributed by atoms with Gasteiger partial charge in [-0.1, -0.05) is 78.4 Å². The first kappa shape index (κ1) is 19.8. The zero-order valence-electron chi connectivity index (χ0n) is 18.9. The number of hydrogen-bond acceptors (Lipinski definition) is 0. The van der Waals surface area contributed by atoms with Crippen molar-refractivity contribution in [3.05, 3.63) is 22.8 Å². The quantitative estimate of drug-likeness (QED) is 0.456. The number of rotatable bonds is 5. The third-order valence-corrected chi connectivity index (χ3v) is 9.55. The predicted octanol–water partition coefficient (Wildman–Crippen LogP) is 8.48. The summed E-state index contributed by atoms with van der Waals surface area (Å²) in [5, 5.41) is 0. The molecular weight excluding hydrogens is 324 g/mol. The van der Waals surface area contributed by atoms with Gasteiger partial charge in [-0.2, -0.15) is 0 Å². The van der Waals surface area contributed by atoms with E-state index in [1.807, 2.05) is 16.7 Å². The van der Waals surface area contributed by atoms with Gasteiger partial charge in [0.2, 0.25) is 0 Å². The van der Waals surface area contributed by atoms with E-state index in [-0.39, 0.29) is 0 Å². The van der Waals surface area contributed by atoms with Crippen LogP contribution in [0.25, 0.3) is 0 Å². The van der Waals surface area contributed by atoms with Gasteiger partial charge in [-0.3, -0.25) is 0 Å². The standard InChI is InChI=1S/C27H44/c1-19(2)9-8-10-20(3)23-14-15-24-22-13-12-21-11-6-7-17-26(21,4)25(22)16-18-27(23,24)5/h15,19-21,23H,6-14,16-18H2,1-5H3/t20-,21+,23-,26+,27-/m1/s1. The zero-order valence-corrected chi connectivity index (χ0v) is 18.9. The number of allylic oxidation sites excluding steroid dienone is 4. The van der Waals surface area contributed by atoms with Crippen molar-refractivity contribution in [2.75, 3.05) is 0 Å². The van der Waals surface area contributed by atoms with Gasteiger partial charge >= 0.3 is 0 Å². The van der Waals surface area contributed by atoms with Crippen LogP contribution in [0.4, 0.5) is 0 Å². The lowest BCUT2D eigenvalue weighted by Crippen LogP contribution is -2.41. The minimum Gasteiger partial charge on any atom is -0.0802 e. The molecule has 0 aromatic carbocycles. The summed E-state index contributed by atoms with van der Waals surface area (Å²) in [6.45, 7) is 12.6. The maximum absolute atomic E-state index is 2.71. The van der Waals surface area contributed by atoms with Gasteiger partial charge in [-0.05, 0) is 90.6 Å². The Bertz CT molecular complexity index is 620. The lowest BCUT2D eigenvalue weighted by molar-refractivity contribution is 0.107. The van der Waals surface area contributed by atoms with Gasteiger partial charge in [0.25, 0.3) is 0 Å². The molecule has 0 aromatic rings. The van der Waals surface area contributed by atoms with Crippen LogP contribution in [-0.2, 0) is 0 Å². The van der Waals surface area contributed by atoms with Gasteiger partial charge in [-0.25, -0.2) is 0 Å². The van der Waals surface area contributed by atoms with Crippen LogP contribution in [0.5, 0.6) is 0 Å². The van der Waals surface area contributed by atoms with E-state index in [1.165, 1.54) is 77.0 Å². The molecule has 0 saturated heterocycles. The molecule has 0 N–H and O–H groups in total. The molecule has 27 heavy (non-hydrogen) atoms. The number of fused-ring (bicyclic) bond motifs is 4. The van der Waals surface area contributed by atoms with Gasteiger partial charge in [0.05, 0.1) is 0 Å². The minimum atomic E-state index is 0.480. The maximum atomic E-state index is 2.71. The van der Waals surface area contributed by atoms with Gasteiger partial charge in [0.15, 0.2) is 0 Å². The van der Waals surface area contributed by atoms with Crippen LogP contribution in [-0.4, -0.2) is 0 Å². The first-order valence-corrected chi connectivity index (χ1v) is 12.3. The average Bonchev–Trinajstić information content (AvgIpc) is 2.98. The fourth-order valence-corrected chi connectivity index (χ4v) is 7.83. The molecule has 0 unspecified atom stereocenters. The molecule has 0 amide bonds. The highest BCUT2D eigenvalue weighted by molar-refractivity contribution is 5.49. The first-order chi connectivity index (χ1) is 12.9. The lowest BCUT2D eigenvalue weighted by Gasteiger charge is -2.53. The van der Waals surface area contributed by atoms with Crippen molar-refractivity contribution in [3.63, 3.8) is 0 Å². The van der Waals surface area contributed by atoms with E-state index in [2.05, 4.69) is 40.7 Å². The van der Waals surface area contributed by atoms with Crippen molar-refractivity contribution in [2.24, 2.45) is 34.5 Å². The molecule has 4 aliphatic carbocycles. The molecule has 1 fully saturated rings. The smallest absolute Gasteiger partial charge is 0.00389 e. The molecule has 4 aliphatic rings. The summed E-state index contributed by atoms with van der Waals surface area (Å²) in [4.78, 5) is 0. The van der Waals surface area contributed by atoms with Crippen molar-refractivity contribution >= 4 is 0 Å². The third kappa shape index (κ3) is 3.28. The molecule has 0 heteroatoms. The monoisotopic (exact) mass is 368 g/mol. The molecule has 0 aliphatic heterocycles. The van der Waals surface area contributed by atoms with E-state index >= 15 is 0 Å². The molecule has 1 saturated carbocycles. The minimum absolute atomic E-state index is 0.480. The van der Waals surface area contributed by atoms with E-state index in [0.717, 1.165) is 23.7 Å². The van der Waals surface area contributed by atoms with E-state index in [4.69, 9.17) is 0 Å². The molecule has 0 heterocycles. The third-order valence-electron chi connectivity index (χ3n) is 9.55. The second-order valence-electron chi connectivity index (χ2n) is 11.5. The van der Waals surface area contributed by atoms with E-state index in [1.54, 1.807) is 0 Å². The lowest BCUT2D eigenvalue weighted by atomic mass is 9.52. The predicted molar refractivity (Wildman–Crippen MR) is 118 cm³/mol. The van der Waals surface area contributed by atoms with Crippen LogP contribution in [0, 0.1) is 34.5 Å². The van der Waals surface area contributed by atoms with Crippen molar-refractivity contribution in [2.45, 2.75) is 112 Å². The molecule has 5 atom stereocenters. The van der Waals surface area contributed by atoms with Crippen LogP contribution in [0.15, 0.2) is 22.8 Å². The van der Waals surface area contributed by atoms with Gasteiger partial charge in [0.1, 0.15) is 0 Å². The Kier molecular flexibility index (Phi) is 5.41. The summed E-state index contributed by atoms with van der Waals surface area (Å²) in [5.74, 6) is 3.62. The van der Waals surface area contributed by atoms with Crippen LogP contribution in [0.1, 0.15) is 112 Å². The maximum Gasteiger partial charge on any atom is -0.00389 e. The van der Waals surface area contributed by atoms with Gasteiger partial charge < -0.3 is 0 Å². The molecule has 0 bridgehead atoms. The Morgan fingerprint density at radius 2 is 1.78 bits per heavy atom. The van der Waals surface area contributed by atoms with Crippen molar-refractivity contribution in [1.82, 2.24) is 0 Å². The summed E-state index contributed by atoms with van der Waals surface area (Å²) in [5.41, 5.74) is 6.65. The topological polar surface area (TPSA) is 0 Å². The fraction of sp³-hybridized carbons (Fsp3) is 0.852. The first-order valence-electron chi connectivity index (χ1n) is 12.3. The second kappa shape index (κ2) is 7.38. The van der Waals surface area contributed by atoms with Crippen LogP contribution in [0.2, 0.25) is 0 Å². The largest absolute Gasteiger partial charge is 0.0802 e. The Hall–Kier alpha value is -0.520. The zero-order chi connectivity index (χ0) is 19.2. The molecular formula is C27H44. The van der Waals surface area contributed by atoms with E-state index in [9.17, 15) is 0 Å². The van der Waals surface area contributed by atoms with Gasteiger partial charge in [-0.15, -0.1) is 0 Å². The van der Waals surface area contributed by atoms with Crippen LogP contribution < -0.4 is 0 Å². The Labute approximate surface area is 169 Å². The average molecular weight is 369 g/mol.